The number of halogens is 1. The molecule has 0 aliphatic carbocycles. The number of benzene rings is 2. The minimum Gasteiger partial charge on any atom is -0.489 e. The van der Waals surface area contributed by atoms with E-state index >= 15 is 0 Å². The van der Waals surface area contributed by atoms with Gasteiger partial charge in [0.2, 0.25) is 0 Å². The van der Waals surface area contributed by atoms with Gasteiger partial charge in [-0.2, -0.15) is 0 Å². The number of hydrogen-bond donors (Lipinski definition) is 4. The van der Waals surface area contributed by atoms with Gasteiger partial charge >= 0.3 is 6.03 Å². The Bertz CT molecular complexity index is 1040. The minimum absolute atomic E-state index is 0.198. The number of anilines is 1. The summed E-state index contributed by atoms with van der Waals surface area (Å²) >= 11 is 7.64. The molecule has 0 aliphatic heterocycles. The van der Waals surface area contributed by atoms with E-state index in [-0.39, 0.29) is 6.61 Å². The number of urea groups is 1. The second-order valence-corrected chi connectivity index (χ2v) is 8.28. The normalized spacial score (nSPS) is 11.5. The van der Waals surface area contributed by atoms with Crippen LogP contribution in [0.3, 0.4) is 0 Å². The van der Waals surface area contributed by atoms with Crippen LogP contribution in [0.1, 0.15) is 23.6 Å². The molecule has 0 bridgehead atoms. The lowest BCUT2D eigenvalue weighted by molar-refractivity contribution is 0.216. The highest BCUT2D eigenvalue weighted by Gasteiger charge is 2.20. The Morgan fingerprint density at radius 1 is 1.28 bits per heavy atom. The Labute approximate surface area is 198 Å². The van der Waals surface area contributed by atoms with Crippen molar-refractivity contribution < 1.29 is 9.53 Å². The zero-order chi connectivity index (χ0) is 24.0. The molecule has 32 heavy (non-hydrogen) atoms. The summed E-state index contributed by atoms with van der Waals surface area (Å²) in [6, 6.07) is 10.5. The quantitative estimate of drug-likeness (QED) is 0.114. The number of nitrogens with one attached hydrogen (secondary N) is 2. The number of nitrogens with zero attached hydrogens (tertiary/aromatic N) is 2. The van der Waals surface area contributed by atoms with Crippen LogP contribution in [0.2, 0.25) is 0 Å². The van der Waals surface area contributed by atoms with Crippen LogP contribution in [0.5, 0.6) is 5.75 Å². The van der Waals surface area contributed by atoms with Crippen LogP contribution < -0.4 is 26.7 Å². The number of hydrogen-bond acceptors (Lipinski definition) is 7. The molecule has 0 atom stereocenters. The fourth-order valence-corrected chi connectivity index (χ4v) is 3.74. The lowest BCUT2D eigenvalue weighted by atomic mass is 10.0. The molecule has 0 radical (unpaired) electrons. The van der Waals surface area contributed by atoms with Crippen LogP contribution in [-0.4, -0.2) is 37.1 Å². The molecule has 0 fully saturated rings. The number of thioether (sulfide) groups is 1. The molecule has 2 rings (SSSR count). The van der Waals surface area contributed by atoms with Gasteiger partial charge in [0.1, 0.15) is 17.5 Å². The molecular formula is C22H29ClN6O2S. The molecule has 0 heterocycles. The molecule has 0 aromatic heterocycles. The molecule has 2 aromatic rings. The van der Waals surface area contributed by atoms with Gasteiger partial charge < -0.3 is 10.1 Å². The first-order valence-corrected chi connectivity index (χ1v) is 11.3. The zero-order valence-electron chi connectivity index (χ0n) is 18.8. The van der Waals surface area contributed by atoms with E-state index in [4.69, 9.17) is 33.4 Å². The number of nitrogens with two attached hydrogens (primary N) is 2. The first kappa shape index (κ1) is 25.5. The monoisotopic (exact) mass is 476 g/mol. The van der Waals surface area contributed by atoms with Crippen LogP contribution >= 0.6 is 23.4 Å². The summed E-state index contributed by atoms with van der Waals surface area (Å²) in [5, 5.41) is 13.6. The lowest BCUT2D eigenvalue weighted by Gasteiger charge is -2.24. The summed E-state index contributed by atoms with van der Waals surface area (Å²) in [7, 11) is 3.14. The van der Waals surface area contributed by atoms with Gasteiger partial charge in [-0.25, -0.2) is 21.5 Å². The zero-order valence-corrected chi connectivity index (χ0v) is 20.4. The summed E-state index contributed by atoms with van der Waals surface area (Å²) in [5.41, 5.74) is 3.86. The Kier molecular flexibility index (Phi) is 8.97. The average Bonchev–Trinajstić information content (AvgIpc) is 2.80. The Morgan fingerprint density at radius 3 is 2.53 bits per heavy atom. The molecule has 0 unspecified atom stereocenters. The largest absolute Gasteiger partial charge is 0.489 e. The molecule has 0 saturated heterocycles. The fourth-order valence-electron chi connectivity index (χ4n) is 3.02. The average molecular weight is 477 g/mol. The first-order valence-electron chi connectivity index (χ1n) is 9.72. The number of rotatable bonds is 8. The van der Waals surface area contributed by atoms with Crippen molar-refractivity contribution in [2.24, 2.45) is 11.7 Å². The van der Waals surface area contributed by atoms with Crippen LogP contribution in [0.15, 0.2) is 52.0 Å². The SMILES string of the molecule is CN/C(Cl)=C(/C)C(=N)c1ccc(OCc2c(SC)cccc2N(N)C(=O)N(C)N)c(C)c1. The van der Waals surface area contributed by atoms with E-state index in [9.17, 15) is 4.79 Å². The first-order chi connectivity index (χ1) is 15.1. The molecule has 6 N–H and O–H groups in total. The number of hydrazine groups is 2. The molecule has 10 heteroatoms. The minimum atomic E-state index is -0.549. The van der Waals surface area contributed by atoms with Crippen molar-refractivity contribution in [2.75, 3.05) is 25.4 Å². The van der Waals surface area contributed by atoms with Gasteiger partial charge in [0, 0.05) is 35.7 Å². The van der Waals surface area contributed by atoms with E-state index < -0.39 is 6.03 Å². The number of aryl methyl sites for hydroxylation is 1. The van der Waals surface area contributed by atoms with Gasteiger partial charge in [0.05, 0.1) is 11.4 Å². The fraction of sp³-hybridized carbons (Fsp3) is 0.273. The third-order valence-corrected chi connectivity index (χ3v) is 6.15. The highest BCUT2D eigenvalue weighted by molar-refractivity contribution is 7.98. The predicted molar refractivity (Wildman–Crippen MR) is 132 cm³/mol. The van der Waals surface area contributed by atoms with Crippen molar-refractivity contribution in [1.29, 1.82) is 5.41 Å². The van der Waals surface area contributed by atoms with Crippen molar-refractivity contribution in [1.82, 2.24) is 10.3 Å². The molecule has 8 nitrogen and oxygen atoms in total. The van der Waals surface area contributed by atoms with E-state index in [2.05, 4.69) is 5.32 Å². The molecule has 2 amide bonds. The number of ether oxygens (including phenoxy) is 1. The van der Waals surface area contributed by atoms with Gasteiger partial charge in [-0.3, -0.25) is 10.4 Å². The third kappa shape index (κ3) is 5.74. The van der Waals surface area contributed by atoms with Crippen LogP contribution in [0, 0.1) is 12.3 Å². The highest BCUT2D eigenvalue weighted by Crippen LogP contribution is 2.31. The molecule has 2 aromatic carbocycles. The van der Waals surface area contributed by atoms with Crippen LogP contribution in [0.4, 0.5) is 10.5 Å². The molecule has 0 saturated carbocycles. The standard InChI is InChI=1S/C22H29ClN6O2S/c1-13-11-15(20(24)14(2)21(23)27-3)9-10-18(13)31-12-16-17(7-6-8-19(16)32-5)29(26)22(30)28(4)25/h6-11,24,27H,12,25-26H2,1-5H3/b21-14-,24-20?. The van der Waals surface area contributed by atoms with Crippen molar-refractivity contribution in [2.45, 2.75) is 25.3 Å². The molecule has 0 aliphatic rings. The summed E-state index contributed by atoms with van der Waals surface area (Å²) in [6.45, 7) is 3.90. The smallest absolute Gasteiger partial charge is 0.352 e. The Balaban J connectivity index is 2.31. The maximum atomic E-state index is 12.3. The van der Waals surface area contributed by atoms with Crippen LogP contribution in [0.25, 0.3) is 0 Å². The predicted octanol–water partition coefficient (Wildman–Crippen LogP) is 3.96. The second kappa shape index (κ2) is 11.2. The number of amides is 2. The van der Waals surface area contributed by atoms with Gasteiger partial charge in [-0.05, 0) is 56.0 Å². The van der Waals surface area contributed by atoms with E-state index in [1.54, 1.807) is 20.0 Å². The van der Waals surface area contributed by atoms with Crippen molar-refractivity contribution in [3.8, 4) is 5.75 Å². The third-order valence-electron chi connectivity index (χ3n) is 4.85. The Hall–Kier alpha value is -2.72. The van der Waals surface area contributed by atoms with E-state index in [1.165, 1.54) is 18.8 Å². The summed E-state index contributed by atoms with van der Waals surface area (Å²) in [6.07, 6.45) is 1.94. The second-order valence-electron chi connectivity index (χ2n) is 7.05. The topological polar surface area (TPSA) is 121 Å². The van der Waals surface area contributed by atoms with Crippen LogP contribution in [-0.2, 0) is 6.61 Å². The van der Waals surface area contributed by atoms with Gasteiger partial charge in [0.15, 0.2) is 0 Å². The summed E-state index contributed by atoms with van der Waals surface area (Å²) in [5.74, 6) is 12.3. The number of allylic oxidation sites excluding steroid dienone is 1. The van der Waals surface area contributed by atoms with Crippen molar-refractivity contribution >= 4 is 40.8 Å². The van der Waals surface area contributed by atoms with E-state index in [1.807, 2.05) is 43.5 Å². The maximum Gasteiger partial charge on any atom is 0.352 e. The maximum absolute atomic E-state index is 12.3. The van der Waals surface area contributed by atoms with Gasteiger partial charge in [0.25, 0.3) is 0 Å². The summed E-state index contributed by atoms with van der Waals surface area (Å²) in [4.78, 5) is 13.2. The lowest BCUT2D eigenvalue weighted by Crippen LogP contribution is -2.49. The van der Waals surface area contributed by atoms with Crippen molar-refractivity contribution in [3.05, 3.63) is 63.8 Å². The summed E-state index contributed by atoms with van der Waals surface area (Å²) < 4.78 is 6.09. The molecular weight excluding hydrogens is 448 g/mol. The Morgan fingerprint density at radius 2 is 1.97 bits per heavy atom. The highest BCUT2D eigenvalue weighted by atomic mass is 35.5. The van der Waals surface area contributed by atoms with Gasteiger partial charge in [-0.1, -0.05) is 17.7 Å². The molecule has 172 valence electrons. The van der Waals surface area contributed by atoms with E-state index in [0.29, 0.717) is 27.9 Å². The number of carbonyl (C=O) groups excluding carboxylic acids is 1. The van der Waals surface area contributed by atoms with Gasteiger partial charge in [-0.15, -0.1) is 11.8 Å². The van der Waals surface area contributed by atoms with E-state index in [0.717, 1.165) is 31.6 Å². The molecule has 0 spiro atoms. The van der Waals surface area contributed by atoms with Crippen molar-refractivity contribution in [3.63, 3.8) is 0 Å². The number of carbonyl (C=O) groups is 1.